The topological polar surface area (TPSA) is 98.5 Å². The Morgan fingerprint density at radius 1 is 1.45 bits per heavy atom. The summed E-state index contributed by atoms with van der Waals surface area (Å²) in [5.41, 5.74) is 6.80. The number of carbonyl (C=O) groups is 1. The summed E-state index contributed by atoms with van der Waals surface area (Å²) in [4.78, 5) is 11.6. The second kappa shape index (κ2) is 6.27. The number of thiophene rings is 1. The van der Waals surface area contributed by atoms with E-state index >= 15 is 0 Å². The molecule has 3 N–H and O–H groups in total. The summed E-state index contributed by atoms with van der Waals surface area (Å²) in [6.45, 7) is 4.31. The average molecular weight is 318 g/mol. The summed E-state index contributed by atoms with van der Waals surface area (Å²) < 4.78 is 28.2. The lowest BCUT2D eigenvalue weighted by atomic mass is 10.3. The summed E-state index contributed by atoms with van der Waals surface area (Å²) in [6.07, 6.45) is 2.96. The summed E-state index contributed by atoms with van der Waals surface area (Å²) >= 11 is 0.978. The zero-order valence-electron chi connectivity index (χ0n) is 11.8. The second-order valence-corrected chi connectivity index (χ2v) is 7.40. The normalized spacial score (nSPS) is 11.0. The van der Waals surface area contributed by atoms with Gasteiger partial charge in [-0.1, -0.05) is 11.6 Å². The minimum absolute atomic E-state index is 0.0509. The van der Waals surface area contributed by atoms with Gasteiger partial charge in [0, 0.05) is 12.8 Å². The number of carbonyl (C=O) groups excluding carboxylic acids is 1. The van der Waals surface area contributed by atoms with Gasteiger partial charge in [0.25, 0.3) is 0 Å². The molecule has 112 valence electrons. The molecule has 0 saturated heterocycles. The lowest BCUT2D eigenvalue weighted by Gasteiger charge is -2.04. The van der Waals surface area contributed by atoms with Crippen molar-refractivity contribution in [3.8, 4) is 0 Å². The van der Waals surface area contributed by atoms with Crippen LogP contribution in [0.25, 0.3) is 0 Å². The summed E-state index contributed by atoms with van der Waals surface area (Å²) in [5, 5.41) is 3.32. The van der Waals surface area contributed by atoms with Gasteiger partial charge in [-0.05, 0) is 13.8 Å². The highest BCUT2D eigenvalue weighted by Crippen LogP contribution is 2.39. The first-order valence-corrected chi connectivity index (χ1v) is 8.47. The molecule has 0 bridgehead atoms. The summed E-state index contributed by atoms with van der Waals surface area (Å²) in [5.74, 6) is -0.646. The molecule has 0 saturated carbocycles. The predicted octanol–water partition coefficient (Wildman–Crippen LogP) is 1.90. The Bertz CT molecular complexity index is 641. The molecule has 0 fully saturated rings. The van der Waals surface area contributed by atoms with E-state index in [1.807, 2.05) is 19.9 Å². The number of hydrogen-bond donors (Lipinski definition) is 2. The Kier molecular flexibility index (Phi) is 5.18. The van der Waals surface area contributed by atoms with Crippen molar-refractivity contribution in [1.82, 2.24) is 0 Å². The van der Waals surface area contributed by atoms with Crippen LogP contribution in [0.1, 0.15) is 23.5 Å². The summed E-state index contributed by atoms with van der Waals surface area (Å²) in [7, 11) is -2.32. The van der Waals surface area contributed by atoms with Gasteiger partial charge in [-0.3, -0.25) is 0 Å². The van der Waals surface area contributed by atoms with E-state index in [1.165, 1.54) is 7.11 Å². The molecular formula is C12H18N2O4S2. The maximum absolute atomic E-state index is 11.8. The van der Waals surface area contributed by atoms with Crippen LogP contribution in [0.5, 0.6) is 0 Å². The SMILES string of the molecule is COC(=O)c1sc(NCC=C(C)C)c(S(C)(=O)=O)c1N. The lowest BCUT2D eigenvalue weighted by Crippen LogP contribution is -2.07. The van der Waals surface area contributed by atoms with E-state index in [0.29, 0.717) is 11.5 Å². The Labute approximate surface area is 122 Å². The summed E-state index contributed by atoms with van der Waals surface area (Å²) in [6, 6.07) is 0. The van der Waals surface area contributed by atoms with E-state index in [1.54, 1.807) is 0 Å². The van der Waals surface area contributed by atoms with Gasteiger partial charge in [0.2, 0.25) is 0 Å². The van der Waals surface area contributed by atoms with Crippen molar-refractivity contribution in [1.29, 1.82) is 0 Å². The van der Waals surface area contributed by atoms with Crippen LogP contribution >= 0.6 is 11.3 Å². The van der Waals surface area contributed by atoms with Crippen LogP contribution in [-0.4, -0.2) is 34.3 Å². The minimum Gasteiger partial charge on any atom is -0.465 e. The predicted molar refractivity (Wildman–Crippen MR) is 81.1 cm³/mol. The first-order chi connectivity index (χ1) is 9.18. The fourth-order valence-electron chi connectivity index (χ4n) is 1.51. The molecule has 1 aromatic heterocycles. The molecule has 0 unspecified atom stereocenters. The van der Waals surface area contributed by atoms with E-state index in [0.717, 1.165) is 23.2 Å². The number of methoxy groups -OCH3 is 1. The standard InChI is InChI=1S/C12H18N2O4S2/c1-7(2)5-6-14-11-10(20(4,16)17)8(13)9(19-11)12(15)18-3/h5,14H,6,13H2,1-4H3. The molecule has 1 rings (SSSR count). The van der Waals surface area contributed by atoms with E-state index < -0.39 is 15.8 Å². The highest BCUT2D eigenvalue weighted by molar-refractivity contribution is 7.91. The number of nitrogen functional groups attached to an aromatic ring is 1. The second-order valence-electron chi connectivity index (χ2n) is 4.43. The van der Waals surface area contributed by atoms with Crippen molar-refractivity contribution >= 4 is 37.8 Å². The number of rotatable bonds is 5. The highest BCUT2D eigenvalue weighted by Gasteiger charge is 2.27. The number of anilines is 2. The molecule has 20 heavy (non-hydrogen) atoms. The molecule has 0 amide bonds. The first-order valence-electron chi connectivity index (χ1n) is 5.76. The number of nitrogens with one attached hydrogen (secondary N) is 1. The molecule has 0 aliphatic rings. The van der Waals surface area contributed by atoms with Crippen LogP contribution in [0, 0.1) is 0 Å². The van der Waals surface area contributed by atoms with Crippen LogP contribution in [0.4, 0.5) is 10.7 Å². The monoisotopic (exact) mass is 318 g/mol. The molecule has 8 heteroatoms. The number of hydrogen-bond acceptors (Lipinski definition) is 7. The minimum atomic E-state index is -3.54. The maximum atomic E-state index is 11.8. The third-order valence-corrected chi connectivity index (χ3v) is 4.85. The van der Waals surface area contributed by atoms with Gasteiger partial charge in [-0.15, -0.1) is 11.3 Å². The molecule has 0 atom stereocenters. The van der Waals surface area contributed by atoms with Crippen molar-refractivity contribution in [2.75, 3.05) is 31.0 Å². The number of allylic oxidation sites excluding steroid dienone is 1. The molecule has 6 nitrogen and oxygen atoms in total. The Morgan fingerprint density at radius 3 is 2.50 bits per heavy atom. The van der Waals surface area contributed by atoms with E-state index in [4.69, 9.17) is 5.73 Å². The van der Waals surface area contributed by atoms with E-state index in [9.17, 15) is 13.2 Å². The molecular weight excluding hydrogens is 300 g/mol. The largest absolute Gasteiger partial charge is 0.465 e. The number of sulfone groups is 1. The Morgan fingerprint density at radius 2 is 2.05 bits per heavy atom. The number of ether oxygens (including phenoxy) is 1. The quantitative estimate of drug-likeness (QED) is 0.635. The number of esters is 1. The molecule has 1 aromatic rings. The fraction of sp³-hybridized carbons (Fsp3) is 0.417. The van der Waals surface area contributed by atoms with Crippen LogP contribution in [0.3, 0.4) is 0 Å². The van der Waals surface area contributed by atoms with E-state index in [-0.39, 0.29) is 15.5 Å². The smallest absolute Gasteiger partial charge is 0.350 e. The van der Waals surface area contributed by atoms with Crippen molar-refractivity contribution in [3.63, 3.8) is 0 Å². The van der Waals surface area contributed by atoms with Crippen molar-refractivity contribution in [2.24, 2.45) is 0 Å². The highest BCUT2D eigenvalue weighted by atomic mass is 32.2. The van der Waals surface area contributed by atoms with Crippen LogP contribution in [0.15, 0.2) is 16.5 Å². The van der Waals surface area contributed by atoms with Gasteiger partial charge in [0.1, 0.15) is 14.8 Å². The van der Waals surface area contributed by atoms with Crippen molar-refractivity contribution in [3.05, 3.63) is 16.5 Å². The lowest BCUT2D eigenvalue weighted by molar-refractivity contribution is 0.0607. The average Bonchev–Trinajstić information content (AvgIpc) is 2.64. The third kappa shape index (κ3) is 3.73. The van der Waals surface area contributed by atoms with Crippen LogP contribution < -0.4 is 11.1 Å². The van der Waals surface area contributed by atoms with Crippen molar-refractivity contribution in [2.45, 2.75) is 18.7 Å². The first kappa shape index (κ1) is 16.5. The Balaban J connectivity index is 3.28. The van der Waals surface area contributed by atoms with Gasteiger partial charge in [0.05, 0.1) is 12.8 Å². The zero-order valence-corrected chi connectivity index (χ0v) is 13.4. The molecule has 0 spiro atoms. The van der Waals surface area contributed by atoms with E-state index in [2.05, 4.69) is 10.1 Å². The number of nitrogens with two attached hydrogens (primary N) is 1. The van der Waals surface area contributed by atoms with Gasteiger partial charge < -0.3 is 15.8 Å². The maximum Gasteiger partial charge on any atom is 0.350 e. The molecule has 0 aromatic carbocycles. The van der Waals surface area contributed by atoms with Crippen LogP contribution in [-0.2, 0) is 14.6 Å². The van der Waals surface area contributed by atoms with Gasteiger partial charge >= 0.3 is 5.97 Å². The Hall–Kier alpha value is -1.54. The molecule has 0 aliphatic heterocycles. The van der Waals surface area contributed by atoms with Gasteiger partial charge in [-0.2, -0.15) is 0 Å². The van der Waals surface area contributed by atoms with Gasteiger partial charge in [0.15, 0.2) is 9.84 Å². The van der Waals surface area contributed by atoms with Gasteiger partial charge in [-0.25, -0.2) is 13.2 Å². The molecule has 0 aliphatic carbocycles. The van der Waals surface area contributed by atoms with Crippen molar-refractivity contribution < 1.29 is 17.9 Å². The molecule has 0 radical (unpaired) electrons. The fourth-order valence-corrected chi connectivity index (χ4v) is 4.00. The third-order valence-electron chi connectivity index (χ3n) is 2.41. The zero-order chi connectivity index (χ0) is 15.5. The van der Waals surface area contributed by atoms with Crippen LogP contribution in [0.2, 0.25) is 0 Å². The molecule has 1 heterocycles.